The molecule has 0 spiro atoms. The summed E-state index contributed by atoms with van der Waals surface area (Å²) in [5.41, 5.74) is 8.19. The molecule has 2 rings (SSSR count). The first-order valence-corrected chi connectivity index (χ1v) is 6.55. The number of fused-ring (bicyclic) bond motifs is 1. The van der Waals surface area contributed by atoms with Crippen LogP contribution in [0.4, 0.5) is 0 Å². The Kier molecular flexibility index (Phi) is 4.57. The first-order valence-electron chi connectivity index (χ1n) is 6.55. The molecule has 0 fully saturated rings. The van der Waals surface area contributed by atoms with Gasteiger partial charge in [-0.2, -0.15) is 0 Å². The third kappa shape index (κ3) is 3.48. The number of methoxy groups -OCH3 is 1. The van der Waals surface area contributed by atoms with Gasteiger partial charge in [0.15, 0.2) is 5.58 Å². The zero-order valence-corrected chi connectivity index (χ0v) is 11.3. The summed E-state index contributed by atoms with van der Waals surface area (Å²) in [5, 5.41) is 0. The zero-order valence-electron chi connectivity index (χ0n) is 11.3. The summed E-state index contributed by atoms with van der Waals surface area (Å²) in [4.78, 5) is 24.6. The van der Waals surface area contributed by atoms with Crippen LogP contribution in [0.1, 0.15) is 37.3 Å². The predicted octanol–water partition coefficient (Wildman–Crippen LogP) is 1.85. The van der Waals surface area contributed by atoms with Crippen molar-refractivity contribution in [2.45, 2.75) is 31.7 Å². The quantitative estimate of drug-likeness (QED) is 0.620. The van der Waals surface area contributed by atoms with Crippen LogP contribution in [0.25, 0.3) is 11.1 Å². The fraction of sp³-hybridized carbons (Fsp3) is 0.429. The Balaban J connectivity index is 1.91. The van der Waals surface area contributed by atoms with Crippen LogP contribution in [0.15, 0.2) is 27.4 Å². The second-order valence-electron chi connectivity index (χ2n) is 4.70. The van der Waals surface area contributed by atoms with Crippen molar-refractivity contribution < 1.29 is 13.9 Å². The maximum absolute atomic E-state index is 11.1. The van der Waals surface area contributed by atoms with Gasteiger partial charge in [-0.3, -0.25) is 9.78 Å². The molecular weight excluding hydrogens is 260 g/mol. The average molecular weight is 278 g/mol. The number of aromatic nitrogens is 1. The van der Waals surface area contributed by atoms with Gasteiger partial charge in [-0.25, -0.2) is 4.79 Å². The highest BCUT2D eigenvalue weighted by atomic mass is 16.5. The zero-order chi connectivity index (χ0) is 14.5. The minimum atomic E-state index is -0.469. The van der Waals surface area contributed by atoms with Crippen LogP contribution in [-0.2, 0) is 9.53 Å². The van der Waals surface area contributed by atoms with E-state index in [1.807, 2.05) is 6.07 Å². The number of aromatic amines is 1. The SMILES string of the molecule is COC(=O)CCCCC(N)c1ccc2[nH]c(=O)oc2c1. The van der Waals surface area contributed by atoms with E-state index in [0.717, 1.165) is 24.8 Å². The monoisotopic (exact) mass is 278 g/mol. The molecule has 0 saturated heterocycles. The molecule has 0 aliphatic carbocycles. The molecule has 3 N–H and O–H groups in total. The molecule has 108 valence electrons. The van der Waals surface area contributed by atoms with Crippen molar-refractivity contribution in [2.24, 2.45) is 5.73 Å². The molecule has 0 saturated carbocycles. The molecule has 1 aromatic carbocycles. The minimum absolute atomic E-state index is 0.141. The van der Waals surface area contributed by atoms with Crippen molar-refractivity contribution in [3.63, 3.8) is 0 Å². The summed E-state index contributed by atoms with van der Waals surface area (Å²) >= 11 is 0. The molecule has 0 aliphatic rings. The van der Waals surface area contributed by atoms with Crippen LogP contribution in [0, 0.1) is 0 Å². The van der Waals surface area contributed by atoms with Gasteiger partial charge in [-0.05, 0) is 30.5 Å². The number of oxazole rings is 1. The molecule has 2 aromatic rings. The second kappa shape index (κ2) is 6.38. The Morgan fingerprint density at radius 1 is 1.45 bits per heavy atom. The Morgan fingerprint density at radius 2 is 2.25 bits per heavy atom. The van der Waals surface area contributed by atoms with E-state index in [2.05, 4.69) is 9.72 Å². The molecule has 0 radical (unpaired) electrons. The normalized spacial score (nSPS) is 12.5. The number of benzene rings is 1. The van der Waals surface area contributed by atoms with Gasteiger partial charge in [-0.15, -0.1) is 0 Å². The van der Waals surface area contributed by atoms with E-state index in [0.29, 0.717) is 17.5 Å². The highest BCUT2D eigenvalue weighted by Gasteiger charge is 2.09. The number of hydrogen-bond acceptors (Lipinski definition) is 5. The van der Waals surface area contributed by atoms with E-state index in [1.54, 1.807) is 12.1 Å². The van der Waals surface area contributed by atoms with Crippen LogP contribution in [-0.4, -0.2) is 18.1 Å². The summed E-state index contributed by atoms with van der Waals surface area (Å²) in [6, 6.07) is 5.29. The molecule has 1 aromatic heterocycles. The van der Waals surface area contributed by atoms with Gasteiger partial charge in [0.2, 0.25) is 0 Å². The standard InChI is InChI=1S/C14H18N2O4/c1-19-13(17)5-3-2-4-10(15)9-6-7-11-12(8-9)20-14(18)16-11/h6-8,10H,2-5,15H2,1H3,(H,16,18). The Hall–Kier alpha value is -2.08. The Labute approximate surface area is 115 Å². The number of nitrogens with one attached hydrogen (secondary N) is 1. The second-order valence-corrected chi connectivity index (χ2v) is 4.70. The fourth-order valence-electron chi connectivity index (χ4n) is 2.09. The van der Waals surface area contributed by atoms with Crippen LogP contribution in [0.3, 0.4) is 0 Å². The van der Waals surface area contributed by atoms with E-state index in [-0.39, 0.29) is 12.0 Å². The smallest absolute Gasteiger partial charge is 0.417 e. The van der Waals surface area contributed by atoms with Gasteiger partial charge in [0.1, 0.15) is 0 Å². The van der Waals surface area contributed by atoms with Gasteiger partial charge in [0, 0.05) is 12.5 Å². The van der Waals surface area contributed by atoms with E-state index < -0.39 is 5.76 Å². The molecule has 0 aliphatic heterocycles. The van der Waals surface area contributed by atoms with Crippen molar-refractivity contribution in [2.75, 3.05) is 7.11 Å². The third-order valence-electron chi connectivity index (χ3n) is 3.25. The Morgan fingerprint density at radius 3 is 3.00 bits per heavy atom. The van der Waals surface area contributed by atoms with Crippen molar-refractivity contribution in [3.8, 4) is 0 Å². The lowest BCUT2D eigenvalue weighted by molar-refractivity contribution is -0.140. The van der Waals surface area contributed by atoms with Crippen molar-refractivity contribution in [1.82, 2.24) is 4.98 Å². The van der Waals surface area contributed by atoms with E-state index >= 15 is 0 Å². The number of unbranched alkanes of at least 4 members (excludes halogenated alkanes) is 1. The van der Waals surface area contributed by atoms with Gasteiger partial charge < -0.3 is 14.9 Å². The van der Waals surface area contributed by atoms with Gasteiger partial charge in [-0.1, -0.05) is 12.5 Å². The summed E-state index contributed by atoms with van der Waals surface area (Å²) < 4.78 is 9.58. The third-order valence-corrected chi connectivity index (χ3v) is 3.25. The molecule has 6 nitrogen and oxygen atoms in total. The molecule has 1 heterocycles. The first kappa shape index (κ1) is 14.3. The topological polar surface area (TPSA) is 98.3 Å². The van der Waals surface area contributed by atoms with Gasteiger partial charge >= 0.3 is 11.7 Å². The predicted molar refractivity (Wildman–Crippen MR) is 74.2 cm³/mol. The number of rotatable bonds is 6. The lowest BCUT2D eigenvalue weighted by atomic mass is 10.0. The summed E-state index contributed by atoms with van der Waals surface area (Å²) in [7, 11) is 1.38. The number of esters is 1. The van der Waals surface area contributed by atoms with Crippen LogP contribution in [0.2, 0.25) is 0 Å². The maximum Gasteiger partial charge on any atom is 0.417 e. The highest BCUT2D eigenvalue weighted by molar-refractivity contribution is 5.72. The van der Waals surface area contributed by atoms with Crippen LogP contribution in [0.5, 0.6) is 0 Å². The largest absolute Gasteiger partial charge is 0.469 e. The lowest BCUT2D eigenvalue weighted by Gasteiger charge is -2.11. The van der Waals surface area contributed by atoms with E-state index in [9.17, 15) is 9.59 Å². The molecule has 0 amide bonds. The number of hydrogen-bond donors (Lipinski definition) is 2. The molecule has 20 heavy (non-hydrogen) atoms. The summed E-state index contributed by atoms with van der Waals surface area (Å²) in [6.45, 7) is 0. The molecule has 1 unspecified atom stereocenters. The number of carbonyl (C=O) groups is 1. The average Bonchev–Trinajstić information content (AvgIpc) is 2.81. The number of H-pyrrole nitrogens is 1. The minimum Gasteiger partial charge on any atom is -0.469 e. The van der Waals surface area contributed by atoms with Crippen molar-refractivity contribution in [1.29, 1.82) is 0 Å². The lowest BCUT2D eigenvalue weighted by Crippen LogP contribution is -2.10. The number of carbonyl (C=O) groups excluding carboxylic acids is 1. The molecular formula is C14H18N2O4. The summed E-state index contributed by atoms with van der Waals surface area (Å²) in [5.74, 6) is -0.669. The van der Waals surface area contributed by atoms with Crippen LogP contribution < -0.4 is 11.5 Å². The van der Waals surface area contributed by atoms with Crippen LogP contribution >= 0.6 is 0 Å². The number of ether oxygens (including phenoxy) is 1. The van der Waals surface area contributed by atoms with Gasteiger partial charge in [0.05, 0.1) is 12.6 Å². The van der Waals surface area contributed by atoms with Crippen molar-refractivity contribution >= 4 is 17.1 Å². The molecule has 0 bridgehead atoms. The van der Waals surface area contributed by atoms with Gasteiger partial charge in [0.25, 0.3) is 0 Å². The first-order chi connectivity index (χ1) is 9.60. The van der Waals surface area contributed by atoms with E-state index in [4.69, 9.17) is 10.2 Å². The number of nitrogens with two attached hydrogens (primary N) is 1. The van der Waals surface area contributed by atoms with Crippen molar-refractivity contribution in [3.05, 3.63) is 34.3 Å². The molecule has 1 atom stereocenters. The molecule has 6 heteroatoms. The summed E-state index contributed by atoms with van der Waals surface area (Å²) in [6.07, 6.45) is 2.76. The maximum atomic E-state index is 11.1. The van der Waals surface area contributed by atoms with E-state index in [1.165, 1.54) is 7.11 Å². The highest BCUT2D eigenvalue weighted by Crippen LogP contribution is 2.21. The fourth-order valence-corrected chi connectivity index (χ4v) is 2.09. The Bertz CT molecular complexity index is 644.